The van der Waals surface area contributed by atoms with Crippen molar-refractivity contribution in [2.24, 2.45) is 53.1 Å². The Hall–Kier alpha value is -1.03. The highest BCUT2D eigenvalue weighted by atomic mass is 16.4. The molecule has 0 aromatic carbocycles. The lowest BCUT2D eigenvalue weighted by atomic mass is 9.66. The molecule has 0 radical (unpaired) electrons. The van der Waals surface area contributed by atoms with E-state index in [9.17, 15) is 25.2 Å². The fourth-order valence-electron chi connectivity index (χ4n) is 10.0. The van der Waals surface area contributed by atoms with Crippen LogP contribution in [0.25, 0.3) is 0 Å². The van der Waals surface area contributed by atoms with Crippen LogP contribution in [0.4, 0.5) is 0 Å². The largest absolute Gasteiger partial charge is 0.550 e. The predicted molar refractivity (Wildman–Crippen MR) is 175 cm³/mol. The highest BCUT2D eigenvalue weighted by molar-refractivity contribution is 5.68. The molecule has 1 saturated heterocycles. The van der Waals surface area contributed by atoms with E-state index in [0.29, 0.717) is 36.5 Å². The molecule has 3 fully saturated rings. The zero-order valence-electron chi connectivity index (χ0n) is 28.5. The van der Waals surface area contributed by atoms with E-state index < -0.39 is 23.6 Å². The summed E-state index contributed by atoms with van der Waals surface area (Å²) in [6.45, 7) is 7.52. The van der Waals surface area contributed by atoms with E-state index >= 15 is 0 Å². The van der Waals surface area contributed by atoms with Crippen LogP contribution in [0.1, 0.15) is 123 Å². The Morgan fingerprint density at radius 2 is 1.87 bits per heavy atom. The van der Waals surface area contributed by atoms with Gasteiger partial charge in [-0.25, -0.2) is 0 Å². The summed E-state index contributed by atoms with van der Waals surface area (Å²) in [7, 11) is 0. The van der Waals surface area contributed by atoms with Gasteiger partial charge in [0.05, 0.1) is 37.4 Å². The van der Waals surface area contributed by atoms with Crippen molar-refractivity contribution in [3.63, 3.8) is 0 Å². The first-order valence-electron chi connectivity index (χ1n) is 19.0. The van der Waals surface area contributed by atoms with Crippen LogP contribution >= 0.6 is 0 Å². The topological polar surface area (TPSA) is 160 Å². The second-order valence-corrected chi connectivity index (χ2v) is 15.8. The molecule has 12 atom stereocenters. The van der Waals surface area contributed by atoms with Crippen LogP contribution in [0.15, 0.2) is 12.2 Å². The van der Waals surface area contributed by atoms with Crippen molar-refractivity contribution in [3.8, 4) is 0 Å². The number of carboxylic acid groups (broad SMARTS) is 1. The monoisotopic (exact) mass is 635 g/mol. The maximum absolute atomic E-state index is 12.2. The van der Waals surface area contributed by atoms with E-state index in [4.69, 9.17) is 5.73 Å². The number of hydrogen-bond donors (Lipinski definition) is 6. The van der Waals surface area contributed by atoms with E-state index in [-0.39, 0.29) is 30.0 Å². The van der Waals surface area contributed by atoms with Crippen molar-refractivity contribution < 1.29 is 35.9 Å². The number of aliphatic hydroxyl groups excluding tert-OH is 2. The van der Waals surface area contributed by atoms with Gasteiger partial charge < -0.3 is 35.9 Å². The maximum Gasteiger partial charge on any atom is 0.137 e. The molecule has 0 spiro atoms. The number of aliphatic hydroxyl groups is 3. The van der Waals surface area contributed by atoms with Gasteiger partial charge in [0.25, 0.3) is 0 Å². The molecule has 260 valence electrons. The van der Waals surface area contributed by atoms with E-state index in [1.165, 1.54) is 25.7 Å². The van der Waals surface area contributed by atoms with E-state index in [1.807, 2.05) is 0 Å². The van der Waals surface area contributed by atoms with Gasteiger partial charge in [0.1, 0.15) is 6.17 Å². The van der Waals surface area contributed by atoms with Crippen molar-refractivity contribution >= 4 is 5.97 Å². The van der Waals surface area contributed by atoms with E-state index in [1.54, 1.807) is 0 Å². The molecule has 0 aromatic heterocycles. The molecule has 0 aromatic rings. The number of nitrogens with two attached hydrogens (primary N) is 3. The van der Waals surface area contributed by atoms with Gasteiger partial charge in [0.15, 0.2) is 0 Å². The summed E-state index contributed by atoms with van der Waals surface area (Å²) in [6.07, 6.45) is 19.2. The van der Waals surface area contributed by atoms with Gasteiger partial charge in [0, 0.05) is 30.1 Å². The lowest BCUT2D eigenvalue weighted by molar-refractivity contribution is -0.699. The molecule has 9 N–H and O–H groups in total. The summed E-state index contributed by atoms with van der Waals surface area (Å²) >= 11 is 0. The van der Waals surface area contributed by atoms with Gasteiger partial charge in [0.2, 0.25) is 0 Å². The van der Waals surface area contributed by atoms with Gasteiger partial charge >= 0.3 is 0 Å². The van der Waals surface area contributed by atoms with Crippen molar-refractivity contribution in [1.29, 1.82) is 0 Å². The number of carboxylic acids is 1. The lowest BCUT2D eigenvalue weighted by Gasteiger charge is -2.44. The first kappa shape index (κ1) is 36.8. The minimum atomic E-state index is -1.17. The van der Waals surface area contributed by atoms with E-state index in [0.717, 1.165) is 90.3 Å². The lowest BCUT2D eigenvalue weighted by Crippen LogP contribution is -2.94. The summed E-state index contributed by atoms with van der Waals surface area (Å²) in [5.74, 6) is 0.135. The summed E-state index contributed by atoms with van der Waals surface area (Å²) in [5, 5.41) is 51.0. The Morgan fingerprint density at radius 1 is 1.07 bits per heavy atom. The highest BCUT2D eigenvalue weighted by Crippen LogP contribution is 2.55. The average molecular weight is 635 g/mol. The fourth-order valence-corrected chi connectivity index (χ4v) is 10.0. The normalized spacial score (nSPS) is 38.1. The molecule has 1 heterocycles. The second kappa shape index (κ2) is 17.9. The number of carbonyl (C=O) groups excluding carboxylic acids is 1. The Balaban J connectivity index is 1.26. The Bertz CT molecular complexity index is 918. The third kappa shape index (κ3) is 10.2. The third-order valence-electron chi connectivity index (χ3n) is 12.5. The molecule has 3 aliphatic carbocycles. The molecule has 4 rings (SSSR count). The van der Waals surface area contributed by atoms with Crippen LogP contribution in [0.2, 0.25) is 0 Å². The van der Waals surface area contributed by atoms with Gasteiger partial charge in [-0.3, -0.25) is 5.73 Å². The van der Waals surface area contributed by atoms with Crippen molar-refractivity contribution in [1.82, 2.24) is 0 Å². The van der Waals surface area contributed by atoms with Crippen LogP contribution < -0.4 is 21.5 Å². The molecular formula is C37H68N3O5+. The minimum Gasteiger partial charge on any atom is -0.550 e. The summed E-state index contributed by atoms with van der Waals surface area (Å²) in [5.41, 5.74) is 5.45. The number of quaternary nitrogens is 2. The molecule has 2 saturated carbocycles. The zero-order chi connectivity index (χ0) is 32.4. The maximum atomic E-state index is 12.2. The number of unbranched alkanes of at least 4 members (excludes halogenated alkanes) is 4. The Labute approximate surface area is 273 Å². The highest BCUT2D eigenvalue weighted by Gasteiger charge is 2.56. The van der Waals surface area contributed by atoms with Gasteiger partial charge in [-0.2, -0.15) is 0 Å². The van der Waals surface area contributed by atoms with Gasteiger partial charge in [-0.15, -0.1) is 0 Å². The van der Waals surface area contributed by atoms with Crippen LogP contribution in [0.5, 0.6) is 0 Å². The van der Waals surface area contributed by atoms with Gasteiger partial charge in [-0.1, -0.05) is 57.6 Å². The smallest absolute Gasteiger partial charge is 0.137 e. The Morgan fingerprint density at radius 3 is 2.58 bits per heavy atom. The van der Waals surface area contributed by atoms with Crippen LogP contribution in [-0.4, -0.2) is 64.9 Å². The van der Waals surface area contributed by atoms with Crippen LogP contribution in [0.3, 0.4) is 0 Å². The van der Waals surface area contributed by atoms with Gasteiger partial charge in [-0.05, 0) is 101 Å². The number of hydrogen-bond acceptors (Lipinski definition) is 6. The standard InChI is InChI=1S/C37H67N3O5/c1-3-5-7-10-25-13-14-27(33(41)20-25)11-8-6-9-12-30(36(43)44)35(42)28-15-16-32-31(19-26-17-18-40-34(38)21-26)29(24-39-4-2)23-37(32,45)22-28/h13-14,25-35,39-42,45H,3-12,15-24,38H2,1-2H3,(H,43,44)/p+1/t25-,26?,27+,28-,29+,30-,31+,32+,33+,34?,35+,37-/m0/s1. The quantitative estimate of drug-likeness (QED) is 0.0997. The molecule has 0 bridgehead atoms. The first-order chi connectivity index (χ1) is 21.6. The summed E-state index contributed by atoms with van der Waals surface area (Å²) in [6, 6.07) is 0. The average Bonchev–Trinajstić information content (AvgIpc) is 3.28. The minimum absolute atomic E-state index is 0.181. The number of carbonyl (C=O) groups is 1. The predicted octanol–water partition coefficient (Wildman–Crippen LogP) is 1.81. The van der Waals surface area contributed by atoms with E-state index in [2.05, 4.69) is 36.6 Å². The van der Waals surface area contributed by atoms with Crippen LogP contribution in [-0.2, 0) is 4.79 Å². The first-order valence-corrected chi connectivity index (χ1v) is 19.0. The Kier molecular flexibility index (Phi) is 14.7. The summed E-state index contributed by atoms with van der Waals surface area (Å²) in [4.78, 5) is 12.2. The third-order valence-corrected chi connectivity index (χ3v) is 12.5. The fraction of sp³-hybridized carbons (Fsp3) is 0.919. The number of fused-ring (bicyclic) bond motifs is 1. The molecular weight excluding hydrogens is 566 g/mol. The second-order valence-electron chi connectivity index (χ2n) is 15.8. The van der Waals surface area contributed by atoms with Crippen molar-refractivity contribution in [2.45, 2.75) is 147 Å². The van der Waals surface area contributed by atoms with Crippen molar-refractivity contribution in [2.75, 3.05) is 19.6 Å². The SMILES string of the molecule is CCCCC[C@H]1C=C[C@@H](CCCCC[C@H](C(=O)[O-])[C@H](O)[C@H]2CC[C@@H]3[C@H](CC4CC[NH2+]C(N)C4)[C@@H](C[NH2+]CC)C[C@@]3(O)C2)[C@H](O)C1. The molecule has 2 unspecified atom stereocenters. The number of piperidine rings is 1. The zero-order valence-corrected chi connectivity index (χ0v) is 28.5. The van der Waals surface area contributed by atoms with Crippen molar-refractivity contribution in [3.05, 3.63) is 12.2 Å². The molecule has 0 amide bonds. The molecule has 1 aliphatic heterocycles. The number of allylic oxidation sites excluding steroid dienone is 1. The molecule has 4 aliphatic rings. The molecule has 45 heavy (non-hydrogen) atoms. The number of aliphatic carboxylic acids is 1. The summed E-state index contributed by atoms with van der Waals surface area (Å²) < 4.78 is 0. The molecule has 8 heteroatoms. The van der Waals surface area contributed by atoms with Crippen LogP contribution in [0, 0.1) is 47.3 Å². The molecule has 8 nitrogen and oxygen atoms in total. The number of rotatable bonds is 18.